The second-order valence-corrected chi connectivity index (χ2v) is 4.10. The minimum Gasteiger partial charge on any atom is -0.469 e. The molecule has 1 heterocycles. The second-order valence-electron chi connectivity index (χ2n) is 2.93. The van der Waals surface area contributed by atoms with Gasteiger partial charge in [0, 0.05) is 11.3 Å². The number of esters is 1. The molecule has 0 unspecified atom stereocenters. The van der Waals surface area contributed by atoms with E-state index in [9.17, 15) is 18.4 Å². The van der Waals surface area contributed by atoms with Crippen LogP contribution in [0.5, 0.6) is 0 Å². The Bertz CT molecular complexity index is 459. The van der Waals surface area contributed by atoms with Crippen molar-refractivity contribution >= 4 is 28.6 Å². The Labute approximate surface area is 103 Å². The first-order chi connectivity index (χ1) is 7.45. The van der Waals surface area contributed by atoms with Crippen molar-refractivity contribution in [1.29, 1.82) is 0 Å². The highest BCUT2D eigenvalue weighted by molar-refractivity contribution is 14.1. The average Bonchev–Trinajstić information content (AvgIpc) is 2.22. The standard InChI is InChI=1S/C9H8F2INO3/c1-16-7(14)3-6-4(8(10)11)2-5(12)9(15)13-6/h2,8H,3H2,1H3,(H,13,15). The maximum atomic E-state index is 12.6. The Balaban J connectivity index is 3.20. The van der Waals surface area contributed by atoms with Crippen molar-refractivity contribution in [2.24, 2.45) is 0 Å². The van der Waals surface area contributed by atoms with Crippen LogP contribution in [-0.2, 0) is 16.0 Å². The van der Waals surface area contributed by atoms with Gasteiger partial charge in [-0.25, -0.2) is 8.78 Å². The SMILES string of the molecule is COC(=O)Cc1[nH]c(=O)c(I)cc1C(F)F. The fourth-order valence-electron chi connectivity index (χ4n) is 1.12. The van der Waals surface area contributed by atoms with Gasteiger partial charge in [0.1, 0.15) is 0 Å². The van der Waals surface area contributed by atoms with E-state index in [0.29, 0.717) is 0 Å². The molecular formula is C9H8F2INO3. The van der Waals surface area contributed by atoms with Gasteiger partial charge in [0.25, 0.3) is 12.0 Å². The molecule has 0 atom stereocenters. The summed E-state index contributed by atoms with van der Waals surface area (Å²) in [6, 6.07) is 1.07. The Hall–Kier alpha value is -0.990. The van der Waals surface area contributed by atoms with E-state index < -0.39 is 18.0 Å². The third kappa shape index (κ3) is 3.00. The molecular weight excluding hydrogens is 335 g/mol. The van der Waals surface area contributed by atoms with Crippen molar-refractivity contribution in [2.75, 3.05) is 7.11 Å². The van der Waals surface area contributed by atoms with Crippen LogP contribution in [0.1, 0.15) is 17.7 Å². The minimum absolute atomic E-state index is 0.104. The number of nitrogens with one attached hydrogen (secondary N) is 1. The molecule has 0 saturated heterocycles. The monoisotopic (exact) mass is 343 g/mol. The molecule has 7 heteroatoms. The van der Waals surface area contributed by atoms with Gasteiger partial charge in [-0.3, -0.25) is 9.59 Å². The summed E-state index contributed by atoms with van der Waals surface area (Å²) < 4.78 is 29.7. The van der Waals surface area contributed by atoms with Crippen LogP contribution in [0, 0.1) is 3.57 Å². The highest BCUT2D eigenvalue weighted by Crippen LogP contribution is 2.22. The summed E-state index contributed by atoms with van der Waals surface area (Å²) in [4.78, 5) is 24.4. The summed E-state index contributed by atoms with van der Waals surface area (Å²) in [5.41, 5.74) is -0.953. The molecule has 1 N–H and O–H groups in total. The number of halogens is 3. The zero-order valence-corrected chi connectivity index (χ0v) is 10.4. The number of carbonyl (C=O) groups is 1. The maximum absolute atomic E-state index is 12.6. The van der Waals surface area contributed by atoms with Gasteiger partial charge in [-0.15, -0.1) is 0 Å². The number of hydrogen-bond acceptors (Lipinski definition) is 3. The van der Waals surface area contributed by atoms with Gasteiger partial charge in [-0.05, 0) is 28.7 Å². The van der Waals surface area contributed by atoms with E-state index in [0.717, 1.165) is 13.2 Å². The third-order valence-electron chi connectivity index (χ3n) is 1.90. The number of ether oxygens (including phenoxy) is 1. The summed E-state index contributed by atoms with van der Waals surface area (Å²) in [5.74, 6) is -0.682. The van der Waals surface area contributed by atoms with E-state index in [1.165, 1.54) is 0 Å². The summed E-state index contributed by atoms with van der Waals surface area (Å²) in [6.07, 6.45) is -3.12. The van der Waals surface area contributed by atoms with Gasteiger partial charge in [-0.1, -0.05) is 0 Å². The topological polar surface area (TPSA) is 59.2 Å². The van der Waals surface area contributed by atoms with Crippen molar-refractivity contribution in [3.63, 3.8) is 0 Å². The van der Waals surface area contributed by atoms with Gasteiger partial charge >= 0.3 is 5.97 Å². The second kappa shape index (κ2) is 5.37. The molecule has 4 nitrogen and oxygen atoms in total. The van der Waals surface area contributed by atoms with Gasteiger partial charge in [0.15, 0.2) is 0 Å². The number of aromatic amines is 1. The Kier molecular flexibility index (Phi) is 4.39. The number of hydrogen-bond donors (Lipinski definition) is 1. The lowest BCUT2D eigenvalue weighted by Gasteiger charge is -2.07. The molecule has 0 spiro atoms. The number of rotatable bonds is 3. The minimum atomic E-state index is -2.75. The first-order valence-electron chi connectivity index (χ1n) is 4.22. The van der Waals surface area contributed by atoms with Crippen molar-refractivity contribution < 1.29 is 18.3 Å². The lowest BCUT2D eigenvalue weighted by Crippen LogP contribution is -2.18. The van der Waals surface area contributed by atoms with E-state index >= 15 is 0 Å². The molecule has 1 aromatic rings. The molecule has 0 bridgehead atoms. The van der Waals surface area contributed by atoms with Gasteiger partial charge in [0.2, 0.25) is 0 Å². The number of carbonyl (C=O) groups excluding carboxylic acids is 1. The quantitative estimate of drug-likeness (QED) is 0.671. The van der Waals surface area contributed by atoms with E-state index in [1.807, 2.05) is 0 Å². The summed E-state index contributed by atoms with van der Waals surface area (Å²) in [7, 11) is 1.15. The molecule has 0 aliphatic carbocycles. The van der Waals surface area contributed by atoms with E-state index in [2.05, 4.69) is 9.72 Å². The first kappa shape index (κ1) is 13.1. The average molecular weight is 343 g/mol. The third-order valence-corrected chi connectivity index (χ3v) is 2.70. The van der Waals surface area contributed by atoms with Crippen LogP contribution in [0.4, 0.5) is 8.78 Å². The molecule has 0 aromatic carbocycles. The predicted octanol–water partition coefficient (Wildman–Crippen LogP) is 1.63. The maximum Gasteiger partial charge on any atom is 0.311 e. The van der Waals surface area contributed by atoms with Crippen LogP contribution >= 0.6 is 22.6 Å². The molecule has 0 aliphatic rings. The zero-order chi connectivity index (χ0) is 12.3. The van der Waals surface area contributed by atoms with E-state index in [1.54, 1.807) is 22.6 Å². The van der Waals surface area contributed by atoms with Gasteiger partial charge in [-0.2, -0.15) is 0 Å². The van der Waals surface area contributed by atoms with Crippen LogP contribution < -0.4 is 5.56 Å². The van der Waals surface area contributed by atoms with E-state index in [-0.39, 0.29) is 21.2 Å². The van der Waals surface area contributed by atoms with Crippen molar-refractivity contribution in [1.82, 2.24) is 4.98 Å². The normalized spacial score (nSPS) is 10.6. The molecule has 0 aliphatic heterocycles. The van der Waals surface area contributed by atoms with Crippen LogP contribution in [0.25, 0.3) is 0 Å². The summed E-state index contributed by atoms with van der Waals surface area (Å²) >= 11 is 1.65. The summed E-state index contributed by atoms with van der Waals surface area (Å²) in [6.45, 7) is 0. The Morgan fingerprint density at radius 2 is 2.25 bits per heavy atom. The molecule has 0 radical (unpaired) electrons. The van der Waals surface area contributed by atoms with Crippen molar-refractivity contribution in [2.45, 2.75) is 12.8 Å². The predicted molar refractivity (Wildman–Crippen MR) is 60.5 cm³/mol. The largest absolute Gasteiger partial charge is 0.469 e. The molecule has 0 fully saturated rings. The molecule has 0 amide bonds. The zero-order valence-electron chi connectivity index (χ0n) is 8.22. The van der Waals surface area contributed by atoms with Crippen molar-refractivity contribution in [3.8, 4) is 0 Å². The number of methoxy groups -OCH3 is 1. The van der Waals surface area contributed by atoms with Crippen LogP contribution in [0.3, 0.4) is 0 Å². The Morgan fingerprint density at radius 1 is 1.62 bits per heavy atom. The van der Waals surface area contributed by atoms with Crippen molar-refractivity contribution in [3.05, 3.63) is 31.2 Å². The molecule has 16 heavy (non-hydrogen) atoms. The lowest BCUT2D eigenvalue weighted by atomic mass is 10.1. The lowest BCUT2D eigenvalue weighted by molar-refractivity contribution is -0.139. The Morgan fingerprint density at radius 3 is 2.75 bits per heavy atom. The first-order valence-corrected chi connectivity index (χ1v) is 5.30. The fraction of sp³-hybridized carbons (Fsp3) is 0.333. The highest BCUT2D eigenvalue weighted by Gasteiger charge is 2.18. The smallest absolute Gasteiger partial charge is 0.311 e. The molecule has 88 valence electrons. The summed E-state index contributed by atoms with van der Waals surface area (Å²) in [5, 5.41) is 0. The fourth-order valence-corrected chi connectivity index (χ4v) is 1.59. The number of H-pyrrole nitrogens is 1. The highest BCUT2D eigenvalue weighted by atomic mass is 127. The number of alkyl halides is 2. The number of aromatic nitrogens is 1. The van der Waals surface area contributed by atoms with Gasteiger partial charge in [0.05, 0.1) is 17.1 Å². The van der Waals surface area contributed by atoms with Crippen LogP contribution in [-0.4, -0.2) is 18.1 Å². The van der Waals surface area contributed by atoms with Crippen LogP contribution in [0.2, 0.25) is 0 Å². The van der Waals surface area contributed by atoms with Gasteiger partial charge < -0.3 is 9.72 Å². The molecule has 0 saturated carbocycles. The van der Waals surface area contributed by atoms with E-state index in [4.69, 9.17) is 0 Å². The number of pyridine rings is 1. The molecule has 1 aromatic heterocycles. The van der Waals surface area contributed by atoms with Crippen LogP contribution in [0.15, 0.2) is 10.9 Å². The molecule has 1 rings (SSSR count).